The minimum Gasteiger partial charge on any atom is -0.367 e. The van der Waals surface area contributed by atoms with Crippen LogP contribution in [-0.2, 0) is 5.41 Å². The third-order valence-corrected chi connectivity index (χ3v) is 4.57. The maximum atomic E-state index is 11.2. The smallest absolute Gasteiger partial charge is 0.248 e. The zero-order chi connectivity index (χ0) is 18.0. The molecule has 6 heteroatoms. The minimum absolute atomic E-state index is 0.0277. The lowest BCUT2D eigenvalue weighted by Crippen LogP contribution is -2.47. The molecule has 0 aliphatic carbocycles. The summed E-state index contributed by atoms with van der Waals surface area (Å²) in [4.78, 5) is 22.9. The zero-order valence-corrected chi connectivity index (χ0v) is 14.9. The van der Waals surface area contributed by atoms with Gasteiger partial charge in [-0.25, -0.2) is 4.98 Å². The van der Waals surface area contributed by atoms with E-state index in [-0.39, 0.29) is 11.0 Å². The van der Waals surface area contributed by atoms with Gasteiger partial charge >= 0.3 is 0 Å². The summed E-state index contributed by atoms with van der Waals surface area (Å²) in [5.41, 5.74) is 2.59. The van der Waals surface area contributed by atoms with Gasteiger partial charge in [-0.05, 0) is 23.1 Å². The molecule has 6 nitrogen and oxygen atoms in total. The summed E-state index contributed by atoms with van der Waals surface area (Å²) in [6.07, 6.45) is 3.62. The van der Waals surface area contributed by atoms with E-state index in [1.54, 1.807) is 12.3 Å². The molecule has 0 aromatic carbocycles. The van der Waals surface area contributed by atoms with Crippen LogP contribution in [-0.4, -0.2) is 36.1 Å². The Morgan fingerprint density at radius 3 is 2.40 bits per heavy atom. The molecule has 130 valence electrons. The van der Waals surface area contributed by atoms with Crippen molar-refractivity contribution >= 4 is 11.5 Å². The first-order chi connectivity index (χ1) is 11.9. The van der Waals surface area contributed by atoms with Gasteiger partial charge in [-0.3, -0.25) is 4.79 Å². The van der Waals surface area contributed by atoms with Crippen LogP contribution >= 0.6 is 0 Å². The molecule has 0 atom stereocenters. The first kappa shape index (κ1) is 17.0. The van der Waals surface area contributed by atoms with Crippen molar-refractivity contribution in [2.45, 2.75) is 26.2 Å². The van der Waals surface area contributed by atoms with Crippen molar-refractivity contribution in [1.29, 1.82) is 5.26 Å². The molecule has 3 rings (SSSR count). The number of H-pyrrole nitrogens is 1. The van der Waals surface area contributed by atoms with Crippen LogP contribution in [0.15, 0.2) is 35.4 Å². The van der Waals surface area contributed by atoms with Gasteiger partial charge in [0.05, 0.1) is 11.3 Å². The van der Waals surface area contributed by atoms with Gasteiger partial charge in [-0.2, -0.15) is 5.26 Å². The molecule has 1 N–H and O–H groups in total. The SMILES string of the molecule is CC(C)(C)c1cnc(N2CCN(c3ccc(=O)[nH]c3)CC2)c(C#N)c1. The second kappa shape index (κ2) is 6.60. The van der Waals surface area contributed by atoms with Crippen LogP contribution in [0.4, 0.5) is 11.5 Å². The Balaban J connectivity index is 1.75. The fourth-order valence-electron chi connectivity index (χ4n) is 2.98. The molecule has 1 aliphatic heterocycles. The molecule has 0 bridgehead atoms. The molecule has 1 saturated heterocycles. The van der Waals surface area contributed by atoms with Crippen LogP contribution in [0.1, 0.15) is 31.9 Å². The first-order valence-corrected chi connectivity index (χ1v) is 8.48. The van der Waals surface area contributed by atoms with Gasteiger partial charge in [0.2, 0.25) is 5.56 Å². The van der Waals surface area contributed by atoms with Gasteiger partial charge in [0.25, 0.3) is 0 Å². The van der Waals surface area contributed by atoms with E-state index >= 15 is 0 Å². The normalized spacial score (nSPS) is 15.1. The first-order valence-electron chi connectivity index (χ1n) is 8.48. The van der Waals surface area contributed by atoms with Crippen LogP contribution in [0.2, 0.25) is 0 Å². The Hall–Kier alpha value is -2.81. The number of aromatic nitrogens is 2. The maximum absolute atomic E-state index is 11.2. The summed E-state index contributed by atoms with van der Waals surface area (Å²) in [7, 11) is 0. The monoisotopic (exact) mass is 337 g/mol. The molecule has 0 unspecified atom stereocenters. The van der Waals surface area contributed by atoms with Gasteiger partial charge in [0.15, 0.2) is 0 Å². The zero-order valence-electron chi connectivity index (χ0n) is 14.9. The van der Waals surface area contributed by atoms with Gasteiger partial charge in [-0.1, -0.05) is 20.8 Å². The Morgan fingerprint density at radius 2 is 1.84 bits per heavy atom. The molecule has 0 spiro atoms. The van der Waals surface area contributed by atoms with Gasteiger partial charge in [0, 0.05) is 44.6 Å². The third-order valence-electron chi connectivity index (χ3n) is 4.57. The molecule has 0 saturated carbocycles. The Kier molecular flexibility index (Phi) is 4.49. The van der Waals surface area contributed by atoms with E-state index in [1.165, 1.54) is 0 Å². The second-order valence-electron chi connectivity index (χ2n) is 7.34. The second-order valence-corrected chi connectivity index (χ2v) is 7.34. The summed E-state index contributed by atoms with van der Waals surface area (Å²) in [6, 6.07) is 7.63. The number of pyridine rings is 2. The van der Waals surface area contributed by atoms with Gasteiger partial charge < -0.3 is 14.8 Å². The van der Waals surface area contributed by atoms with Crippen LogP contribution in [0.25, 0.3) is 0 Å². The van der Waals surface area contributed by atoms with Crippen molar-refractivity contribution in [3.05, 3.63) is 52.1 Å². The van der Waals surface area contributed by atoms with E-state index in [4.69, 9.17) is 0 Å². The van der Waals surface area contributed by atoms with Crippen LogP contribution in [0.3, 0.4) is 0 Å². The average molecular weight is 337 g/mol. The highest BCUT2D eigenvalue weighted by atomic mass is 16.1. The topological polar surface area (TPSA) is 76.0 Å². The van der Waals surface area contributed by atoms with Crippen LogP contribution in [0.5, 0.6) is 0 Å². The molecule has 1 aliphatic rings. The van der Waals surface area contributed by atoms with E-state index in [0.29, 0.717) is 5.56 Å². The van der Waals surface area contributed by atoms with Crippen molar-refractivity contribution < 1.29 is 0 Å². The molecule has 1 fully saturated rings. The summed E-state index contributed by atoms with van der Waals surface area (Å²) >= 11 is 0. The summed E-state index contributed by atoms with van der Waals surface area (Å²) < 4.78 is 0. The number of aromatic amines is 1. The fraction of sp³-hybridized carbons (Fsp3) is 0.421. The number of hydrogen-bond donors (Lipinski definition) is 1. The number of anilines is 2. The number of piperazine rings is 1. The summed E-state index contributed by atoms with van der Waals surface area (Å²) in [6.45, 7) is 9.57. The Bertz CT molecular complexity index is 831. The lowest BCUT2D eigenvalue weighted by atomic mass is 9.87. The Labute approximate surface area is 147 Å². The quantitative estimate of drug-likeness (QED) is 0.910. The number of nitrogens with zero attached hydrogens (tertiary/aromatic N) is 4. The summed E-state index contributed by atoms with van der Waals surface area (Å²) in [5, 5.41) is 9.53. The van der Waals surface area contributed by atoms with E-state index in [1.807, 2.05) is 18.3 Å². The average Bonchev–Trinajstić information content (AvgIpc) is 2.61. The predicted octanol–water partition coefficient (Wildman–Crippen LogP) is 2.27. The van der Waals surface area contributed by atoms with E-state index in [0.717, 1.165) is 43.2 Å². The Morgan fingerprint density at radius 1 is 1.16 bits per heavy atom. The fourth-order valence-corrected chi connectivity index (χ4v) is 2.98. The summed E-state index contributed by atoms with van der Waals surface area (Å²) in [5.74, 6) is 0.761. The standard InChI is InChI=1S/C19H23N5O/c1-19(2,3)15-10-14(11-20)18(22-12-15)24-8-6-23(7-9-24)16-4-5-17(25)21-13-16/h4-5,10,12-13H,6-9H2,1-3H3,(H,21,25). The molecular formula is C19H23N5O. The third kappa shape index (κ3) is 3.66. The van der Waals surface area contributed by atoms with Crippen molar-refractivity contribution in [2.24, 2.45) is 0 Å². The molecule has 25 heavy (non-hydrogen) atoms. The van der Waals surface area contributed by atoms with Crippen LogP contribution in [0, 0.1) is 11.3 Å². The number of nitriles is 1. The minimum atomic E-state index is -0.0933. The van der Waals surface area contributed by atoms with E-state index in [2.05, 4.69) is 46.6 Å². The number of rotatable bonds is 2. The highest BCUT2D eigenvalue weighted by Gasteiger charge is 2.23. The molecule has 3 heterocycles. The molecular weight excluding hydrogens is 314 g/mol. The van der Waals surface area contributed by atoms with Crippen molar-refractivity contribution in [2.75, 3.05) is 36.0 Å². The van der Waals surface area contributed by atoms with Crippen molar-refractivity contribution in [3.63, 3.8) is 0 Å². The largest absolute Gasteiger partial charge is 0.367 e. The van der Waals surface area contributed by atoms with Crippen LogP contribution < -0.4 is 15.4 Å². The highest BCUT2D eigenvalue weighted by Crippen LogP contribution is 2.27. The molecule has 0 amide bonds. The van der Waals surface area contributed by atoms with Crippen molar-refractivity contribution in [3.8, 4) is 6.07 Å². The van der Waals surface area contributed by atoms with E-state index in [9.17, 15) is 10.1 Å². The maximum Gasteiger partial charge on any atom is 0.248 e. The van der Waals surface area contributed by atoms with Gasteiger partial charge in [0.1, 0.15) is 11.9 Å². The van der Waals surface area contributed by atoms with E-state index < -0.39 is 0 Å². The molecule has 0 radical (unpaired) electrons. The lowest BCUT2D eigenvalue weighted by Gasteiger charge is -2.37. The lowest BCUT2D eigenvalue weighted by molar-refractivity contribution is 0.585. The highest BCUT2D eigenvalue weighted by molar-refractivity contribution is 5.57. The van der Waals surface area contributed by atoms with Crippen molar-refractivity contribution in [1.82, 2.24) is 9.97 Å². The molecule has 2 aromatic heterocycles. The molecule has 2 aromatic rings. The predicted molar refractivity (Wildman–Crippen MR) is 99.1 cm³/mol. The number of hydrogen-bond acceptors (Lipinski definition) is 5. The number of nitrogens with one attached hydrogen (secondary N) is 1. The van der Waals surface area contributed by atoms with Gasteiger partial charge in [-0.15, -0.1) is 0 Å².